The van der Waals surface area contributed by atoms with Crippen LogP contribution in [0.3, 0.4) is 0 Å². The summed E-state index contributed by atoms with van der Waals surface area (Å²) in [4.78, 5) is 29.5. The van der Waals surface area contributed by atoms with E-state index < -0.39 is 5.82 Å². The van der Waals surface area contributed by atoms with Crippen LogP contribution in [0.1, 0.15) is 38.7 Å². The smallest absolute Gasteiger partial charge is 0.273 e. The molecule has 4 rings (SSSR count). The van der Waals surface area contributed by atoms with Crippen molar-refractivity contribution in [3.05, 3.63) is 77.1 Å². The molecule has 0 bridgehead atoms. The molecule has 2 aromatic carbocycles. The minimum absolute atomic E-state index is 0.258. The van der Waals surface area contributed by atoms with E-state index in [1.54, 1.807) is 30.5 Å². The summed E-state index contributed by atoms with van der Waals surface area (Å²) in [5.41, 5.74) is 2.62. The summed E-state index contributed by atoms with van der Waals surface area (Å²) < 4.78 is 15.2. The Morgan fingerprint density at radius 2 is 1.96 bits per heavy atom. The zero-order chi connectivity index (χ0) is 19.7. The number of nitrogens with zero attached hydrogens (tertiary/aromatic N) is 2. The number of imidazole rings is 1. The summed E-state index contributed by atoms with van der Waals surface area (Å²) in [6.07, 6.45) is 3.44. The first-order chi connectivity index (χ1) is 13.5. The van der Waals surface area contributed by atoms with Gasteiger partial charge in [-0.25, -0.2) is 9.37 Å². The van der Waals surface area contributed by atoms with E-state index in [2.05, 4.69) is 15.6 Å². The molecule has 2 heterocycles. The molecule has 6 nitrogen and oxygen atoms in total. The minimum Gasteiger partial charge on any atom is -0.324 e. The molecular weight excluding hydrogens is 359 g/mol. The van der Waals surface area contributed by atoms with Crippen LogP contribution in [0.15, 0.2) is 48.7 Å². The zero-order valence-corrected chi connectivity index (χ0v) is 15.3. The lowest BCUT2D eigenvalue weighted by Gasteiger charge is -2.12. The van der Waals surface area contributed by atoms with Crippen molar-refractivity contribution in [2.24, 2.45) is 0 Å². The maximum atomic E-state index is 13.3. The van der Waals surface area contributed by atoms with E-state index >= 15 is 0 Å². The average Bonchev–Trinajstić information content (AvgIpc) is 3.27. The molecule has 0 spiro atoms. The lowest BCUT2D eigenvalue weighted by atomic mass is 10.1. The van der Waals surface area contributed by atoms with Crippen LogP contribution in [0.2, 0.25) is 0 Å². The molecule has 1 aromatic heterocycles. The normalized spacial score (nSPS) is 12.5. The number of amides is 2. The van der Waals surface area contributed by atoms with Gasteiger partial charge in [-0.1, -0.05) is 12.1 Å². The maximum Gasteiger partial charge on any atom is 0.273 e. The molecule has 0 atom stereocenters. The number of nitrogens with one attached hydrogen (secondary N) is 2. The van der Waals surface area contributed by atoms with E-state index in [9.17, 15) is 14.0 Å². The molecule has 142 valence electrons. The second-order valence-electron chi connectivity index (χ2n) is 6.76. The Labute approximate surface area is 161 Å². The Hall–Kier alpha value is -3.48. The molecule has 2 amide bonds. The fourth-order valence-electron chi connectivity index (χ4n) is 3.29. The third kappa shape index (κ3) is 3.51. The van der Waals surface area contributed by atoms with Crippen LogP contribution in [0, 0.1) is 12.7 Å². The lowest BCUT2D eigenvalue weighted by Crippen LogP contribution is -2.18. The monoisotopic (exact) mass is 378 g/mol. The molecule has 3 aromatic rings. The van der Waals surface area contributed by atoms with Crippen molar-refractivity contribution in [2.75, 3.05) is 10.6 Å². The molecule has 0 aliphatic carbocycles. The molecule has 1 aliphatic heterocycles. The first-order valence-corrected chi connectivity index (χ1v) is 9.04. The van der Waals surface area contributed by atoms with Gasteiger partial charge in [-0.15, -0.1) is 0 Å². The van der Waals surface area contributed by atoms with E-state index in [0.29, 0.717) is 22.6 Å². The average molecular weight is 378 g/mol. The summed E-state index contributed by atoms with van der Waals surface area (Å²) >= 11 is 0. The first-order valence-electron chi connectivity index (χ1n) is 9.04. The highest BCUT2D eigenvalue weighted by Crippen LogP contribution is 2.21. The lowest BCUT2D eigenvalue weighted by molar-refractivity contribution is 0.101. The molecule has 0 unspecified atom stereocenters. The van der Waals surface area contributed by atoms with Gasteiger partial charge < -0.3 is 15.2 Å². The Morgan fingerprint density at radius 1 is 1.11 bits per heavy atom. The van der Waals surface area contributed by atoms with Crippen molar-refractivity contribution in [1.82, 2.24) is 9.55 Å². The van der Waals surface area contributed by atoms with Crippen LogP contribution in [-0.4, -0.2) is 21.4 Å². The minimum atomic E-state index is -0.428. The number of halogens is 1. The predicted octanol–water partition coefficient (Wildman–Crippen LogP) is 3.78. The van der Waals surface area contributed by atoms with Crippen LogP contribution < -0.4 is 10.6 Å². The Balaban J connectivity index is 1.53. The van der Waals surface area contributed by atoms with Gasteiger partial charge in [0.15, 0.2) is 0 Å². The molecule has 28 heavy (non-hydrogen) atoms. The van der Waals surface area contributed by atoms with Crippen LogP contribution in [-0.2, 0) is 13.0 Å². The van der Waals surface area contributed by atoms with E-state index in [4.69, 9.17) is 0 Å². The standard InChI is InChI=1S/C21H19FN4O2/c1-13-7-8-14(20(27)24-16-5-2-4-15(22)11-16)10-17(13)25-21(28)18-12-23-19-6-3-9-26(18)19/h2,4-5,7-8,10-12H,3,6,9H2,1H3,(H,24,27)(H,25,28). The van der Waals surface area contributed by atoms with Crippen molar-refractivity contribution in [3.8, 4) is 0 Å². The number of hydrogen-bond donors (Lipinski definition) is 2. The van der Waals surface area contributed by atoms with Gasteiger partial charge in [0.2, 0.25) is 0 Å². The summed E-state index contributed by atoms with van der Waals surface area (Å²) in [5.74, 6) is -0.147. The quantitative estimate of drug-likeness (QED) is 0.725. The Morgan fingerprint density at radius 3 is 2.79 bits per heavy atom. The number of carbonyl (C=O) groups is 2. The number of fused-ring (bicyclic) bond motifs is 1. The predicted molar refractivity (Wildman–Crippen MR) is 104 cm³/mol. The Bertz CT molecular complexity index is 1070. The molecule has 0 saturated carbocycles. The number of carbonyl (C=O) groups excluding carboxylic acids is 2. The molecule has 0 radical (unpaired) electrons. The zero-order valence-electron chi connectivity index (χ0n) is 15.3. The van der Waals surface area contributed by atoms with Crippen molar-refractivity contribution in [1.29, 1.82) is 0 Å². The van der Waals surface area contributed by atoms with Crippen molar-refractivity contribution in [2.45, 2.75) is 26.3 Å². The Kier molecular flexibility index (Phi) is 4.65. The fraction of sp³-hybridized carbons (Fsp3) is 0.190. The largest absolute Gasteiger partial charge is 0.324 e. The van der Waals surface area contributed by atoms with E-state index in [0.717, 1.165) is 30.8 Å². The summed E-state index contributed by atoms with van der Waals surface area (Å²) in [6.45, 7) is 2.64. The second kappa shape index (κ2) is 7.26. The van der Waals surface area contributed by atoms with Crippen LogP contribution in [0.25, 0.3) is 0 Å². The van der Waals surface area contributed by atoms with Gasteiger partial charge in [-0.3, -0.25) is 9.59 Å². The van der Waals surface area contributed by atoms with Gasteiger partial charge in [-0.05, 0) is 49.2 Å². The summed E-state index contributed by atoms with van der Waals surface area (Å²) in [7, 11) is 0. The second-order valence-corrected chi connectivity index (χ2v) is 6.76. The third-order valence-electron chi connectivity index (χ3n) is 4.78. The molecular formula is C21H19FN4O2. The van der Waals surface area contributed by atoms with Crippen LogP contribution >= 0.6 is 0 Å². The number of rotatable bonds is 4. The van der Waals surface area contributed by atoms with Crippen molar-refractivity contribution in [3.63, 3.8) is 0 Å². The summed E-state index contributed by atoms with van der Waals surface area (Å²) in [5, 5.41) is 5.53. The number of hydrogen-bond acceptors (Lipinski definition) is 3. The number of anilines is 2. The van der Waals surface area contributed by atoms with Crippen molar-refractivity contribution >= 4 is 23.2 Å². The SMILES string of the molecule is Cc1ccc(C(=O)Nc2cccc(F)c2)cc1NC(=O)c1cnc2n1CCC2. The topological polar surface area (TPSA) is 76.0 Å². The number of aryl methyl sites for hydroxylation is 2. The van der Waals surface area contributed by atoms with Gasteiger partial charge in [0.1, 0.15) is 17.3 Å². The first kappa shape index (κ1) is 17.9. The van der Waals surface area contributed by atoms with Gasteiger partial charge in [0.05, 0.1) is 6.20 Å². The number of benzene rings is 2. The van der Waals surface area contributed by atoms with Gasteiger partial charge >= 0.3 is 0 Å². The summed E-state index contributed by atoms with van der Waals surface area (Å²) in [6, 6.07) is 10.7. The van der Waals surface area contributed by atoms with Crippen LogP contribution in [0.4, 0.5) is 15.8 Å². The fourth-order valence-corrected chi connectivity index (χ4v) is 3.29. The number of aromatic nitrogens is 2. The molecule has 0 fully saturated rings. The molecule has 1 aliphatic rings. The third-order valence-corrected chi connectivity index (χ3v) is 4.78. The molecule has 0 saturated heterocycles. The van der Waals surface area contributed by atoms with E-state index in [-0.39, 0.29) is 11.8 Å². The van der Waals surface area contributed by atoms with Crippen molar-refractivity contribution < 1.29 is 14.0 Å². The highest BCUT2D eigenvalue weighted by atomic mass is 19.1. The highest BCUT2D eigenvalue weighted by molar-refractivity contribution is 6.07. The maximum absolute atomic E-state index is 13.3. The van der Waals surface area contributed by atoms with Crippen LogP contribution in [0.5, 0.6) is 0 Å². The molecule has 2 N–H and O–H groups in total. The van der Waals surface area contributed by atoms with Gasteiger partial charge in [-0.2, -0.15) is 0 Å². The molecule has 7 heteroatoms. The van der Waals surface area contributed by atoms with E-state index in [1.807, 2.05) is 11.5 Å². The van der Waals surface area contributed by atoms with Gasteiger partial charge in [0, 0.05) is 29.9 Å². The van der Waals surface area contributed by atoms with Gasteiger partial charge in [0.25, 0.3) is 11.8 Å². The van der Waals surface area contributed by atoms with E-state index in [1.165, 1.54) is 18.2 Å². The highest BCUT2D eigenvalue weighted by Gasteiger charge is 2.21.